The maximum Gasteiger partial charge on any atom is 0.258 e. The van der Waals surface area contributed by atoms with E-state index in [4.69, 9.17) is 0 Å². The van der Waals surface area contributed by atoms with Crippen LogP contribution in [-0.2, 0) is 9.84 Å². The highest BCUT2D eigenvalue weighted by atomic mass is 32.2. The van der Waals surface area contributed by atoms with Gasteiger partial charge >= 0.3 is 0 Å². The van der Waals surface area contributed by atoms with Crippen molar-refractivity contribution in [2.45, 2.75) is 24.0 Å². The molecular formula is C17H16N4O3S2. The van der Waals surface area contributed by atoms with Crippen molar-refractivity contribution in [3.05, 3.63) is 54.2 Å². The maximum atomic E-state index is 12.6. The van der Waals surface area contributed by atoms with E-state index in [0.717, 1.165) is 11.3 Å². The van der Waals surface area contributed by atoms with Gasteiger partial charge in [-0.3, -0.25) is 15.1 Å². The summed E-state index contributed by atoms with van der Waals surface area (Å²) in [6.07, 6.45) is 1.64. The van der Waals surface area contributed by atoms with Crippen LogP contribution in [-0.4, -0.2) is 34.8 Å². The maximum absolute atomic E-state index is 12.6. The van der Waals surface area contributed by atoms with Crippen molar-refractivity contribution in [3.63, 3.8) is 0 Å². The van der Waals surface area contributed by atoms with Crippen molar-refractivity contribution in [1.82, 2.24) is 15.2 Å². The number of hydrogen-bond donors (Lipinski definition) is 1. The molecular weight excluding hydrogens is 372 g/mol. The van der Waals surface area contributed by atoms with Gasteiger partial charge < -0.3 is 0 Å². The minimum absolute atomic E-state index is 0.00182. The van der Waals surface area contributed by atoms with Gasteiger partial charge in [0.1, 0.15) is 5.69 Å². The van der Waals surface area contributed by atoms with Gasteiger partial charge in [0, 0.05) is 6.20 Å². The molecule has 0 aliphatic rings. The van der Waals surface area contributed by atoms with Crippen LogP contribution in [0.2, 0.25) is 0 Å². The van der Waals surface area contributed by atoms with Crippen molar-refractivity contribution in [2.75, 3.05) is 5.32 Å². The molecule has 3 rings (SSSR count). The van der Waals surface area contributed by atoms with E-state index in [1.807, 2.05) is 6.07 Å². The summed E-state index contributed by atoms with van der Waals surface area (Å²) in [5, 5.41) is 10.8. The molecule has 1 aromatic carbocycles. The molecule has 0 unspecified atom stereocenters. The topological polar surface area (TPSA) is 102 Å². The summed E-state index contributed by atoms with van der Waals surface area (Å²) in [4.78, 5) is 16.8. The molecule has 0 saturated heterocycles. The summed E-state index contributed by atoms with van der Waals surface area (Å²) >= 11 is 1.16. The summed E-state index contributed by atoms with van der Waals surface area (Å²) in [6.45, 7) is 3.15. The molecule has 26 heavy (non-hydrogen) atoms. The number of hydrogen-bond acceptors (Lipinski definition) is 7. The zero-order valence-electron chi connectivity index (χ0n) is 14.1. The van der Waals surface area contributed by atoms with E-state index in [9.17, 15) is 13.2 Å². The van der Waals surface area contributed by atoms with Crippen molar-refractivity contribution in [1.29, 1.82) is 0 Å². The van der Waals surface area contributed by atoms with Crippen molar-refractivity contribution in [2.24, 2.45) is 0 Å². The number of nitrogens with one attached hydrogen (secondary N) is 1. The Balaban J connectivity index is 1.87. The average molecular weight is 388 g/mol. The molecule has 134 valence electrons. The van der Waals surface area contributed by atoms with E-state index >= 15 is 0 Å². The number of nitrogens with zero attached hydrogens (tertiary/aromatic N) is 3. The molecule has 0 saturated carbocycles. The minimum Gasteiger partial charge on any atom is -0.296 e. The molecule has 3 aromatic rings. The summed E-state index contributed by atoms with van der Waals surface area (Å²) in [7, 11) is -3.59. The first-order chi connectivity index (χ1) is 12.4. The number of carbonyl (C=O) groups is 1. The Labute approximate surface area is 155 Å². The van der Waals surface area contributed by atoms with Gasteiger partial charge in [0.25, 0.3) is 5.91 Å². The van der Waals surface area contributed by atoms with E-state index in [1.165, 1.54) is 12.1 Å². The lowest BCUT2D eigenvalue weighted by atomic mass is 10.2. The molecule has 0 atom stereocenters. The molecule has 2 heterocycles. The molecule has 7 nitrogen and oxygen atoms in total. The lowest BCUT2D eigenvalue weighted by Gasteiger charge is -2.12. The third-order valence-corrected chi connectivity index (χ3v) is 6.66. The fourth-order valence-electron chi connectivity index (χ4n) is 2.19. The highest BCUT2D eigenvalue weighted by Gasteiger charge is 2.25. The van der Waals surface area contributed by atoms with Crippen LogP contribution in [0.1, 0.15) is 24.2 Å². The van der Waals surface area contributed by atoms with Gasteiger partial charge in [0.05, 0.1) is 15.7 Å². The summed E-state index contributed by atoms with van der Waals surface area (Å²) in [5.41, 5.74) is 0.726. The van der Waals surface area contributed by atoms with Gasteiger partial charge in [-0.05, 0) is 38.1 Å². The number of benzene rings is 1. The van der Waals surface area contributed by atoms with E-state index in [1.54, 1.807) is 44.3 Å². The fraction of sp³-hybridized carbons (Fsp3) is 0.176. The van der Waals surface area contributed by atoms with Gasteiger partial charge in [-0.1, -0.05) is 29.5 Å². The van der Waals surface area contributed by atoms with Gasteiger partial charge in [0.15, 0.2) is 14.8 Å². The Morgan fingerprint density at radius 1 is 1.08 bits per heavy atom. The molecule has 1 N–H and O–H groups in total. The first kappa shape index (κ1) is 18.2. The Kier molecular flexibility index (Phi) is 5.10. The fourth-order valence-corrected chi connectivity index (χ4v) is 4.15. The second-order valence-corrected chi connectivity index (χ2v) is 9.12. The Morgan fingerprint density at radius 3 is 2.50 bits per heavy atom. The van der Waals surface area contributed by atoms with Gasteiger partial charge in [-0.2, -0.15) is 0 Å². The number of pyridine rings is 1. The third kappa shape index (κ3) is 3.63. The highest BCUT2D eigenvalue weighted by molar-refractivity contribution is 7.92. The van der Waals surface area contributed by atoms with Crippen LogP contribution in [0.15, 0.2) is 53.6 Å². The summed E-state index contributed by atoms with van der Waals surface area (Å²) < 4.78 is 25.0. The third-order valence-electron chi connectivity index (χ3n) is 3.59. The highest BCUT2D eigenvalue weighted by Crippen LogP contribution is 2.26. The molecule has 2 aromatic heterocycles. The van der Waals surface area contributed by atoms with E-state index < -0.39 is 21.0 Å². The number of sulfone groups is 1. The lowest BCUT2D eigenvalue weighted by Crippen LogP contribution is -2.20. The van der Waals surface area contributed by atoms with E-state index in [-0.39, 0.29) is 15.6 Å². The Morgan fingerprint density at radius 2 is 1.81 bits per heavy atom. The molecule has 0 radical (unpaired) electrons. The molecule has 0 spiro atoms. The molecule has 9 heteroatoms. The van der Waals surface area contributed by atoms with Crippen molar-refractivity contribution < 1.29 is 13.2 Å². The van der Waals surface area contributed by atoms with Crippen LogP contribution >= 0.6 is 11.3 Å². The van der Waals surface area contributed by atoms with Crippen LogP contribution in [0, 0.1) is 0 Å². The summed E-state index contributed by atoms with van der Waals surface area (Å²) in [6, 6.07) is 11.5. The Hall–Kier alpha value is -2.65. The second-order valence-electron chi connectivity index (χ2n) is 5.67. The van der Waals surface area contributed by atoms with E-state index in [2.05, 4.69) is 20.5 Å². The lowest BCUT2D eigenvalue weighted by molar-refractivity contribution is 0.102. The smallest absolute Gasteiger partial charge is 0.258 e. The van der Waals surface area contributed by atoms with Crippen LogP contribution in [0.5, 0.6) is 0 Å². The van der Waals surface area contributed by atoms with Crippen LogP contribution < -0.4 is 5.32 Å². The molecule has 1 amide bonds. The predicted molar refractivity (Wildman–Crippen MR) is 99.9 cm³/mol. The van der Waals surface area contributed by atoms with E-state index in [0.29, 0.717) is 10.7 Å². The predicted octanol–water partition coefficient (Wildman–Crippen LogP) is 3.03. The first-order valence-corrected chi connectivity index (χ1v) is 10.1. The number of amides is 1. The Bertz CT molecular complexity index is 1030. The van der Waals surface area contributed by atoms with Crippen molar-refractivity contribution >= 4 is 32.2 Å². The SMILES string of the molecule is CC(C)S(=O)(=O)c1ccccc1C(=O)Nc1nnc(-c2ccccn2)s1. The largest absolute Gasteiger partial charge is 0.296 e. The van der Waals surface area contributed by atoms with Gasteiger partial charge in [-0.15, -0.1) is 10.2 Å². The molecule has 0 bridgehead atoms. The first-order valence-electron chi connectivity index (χ1n) is 7.79. The number of anilines is 1. The zero-order chi connectivity index (χ0) is 18.7. The zero-order valence-corrected chi connectivity index (χ0v) is 15.7. The molecule has 0 aliphatic carbocycles. The number of carbonyl (C=O) groups excluding carboxylic acids is 1. The van der Waals surface area contributed by atoms with Crippen LogP contribution in [0.25, 0.3) is 10.7 Å². The van der Waals surface area contributed by atoms with Gasteiger partial charge in [-0.25, -0.2) is 8.42 Å². The minimum atomic E-state index is -3.59. The quantitative estimate of drug-likeness (QED) is 0.721. The van der Waals surface area contributed by atoms with Crippen molar-refractivity contribution in [3.8, 4) is 10.7 Å². The van der Waals surface area contributed by atoms with Crippen LogP contribution in [0.4, 0.5) is 5.13 Å². The normalized spacial score (nSPS) is 11.5. The molecule has 0 fully saturated rings. The van der Waals surface area contributed by atoms with Crippen LogP contribution in [0.3, 0.4) is 0 Å². The summed E-state index contributed by atoms with van der Waals surface area (Å²) in [5.74, 6) is -0.548. The standard InChI is InChI=1S/C17H16N4O3S2/c1-11(2)26(23,24)14-9-4-3-7-12(14)15(22)19-17-21-20-16(25-17)13-8-5-6-10-18-13/h3-11H,1-2H3,(H,19,21,22). The van der Waals surface area contributed by atoms with Gasteiger partial charge in [0.2, 0.25) is 5.13 Å². The monoisotopic (exact) mass is 388 g/mol. The average Bonchev–Trinajstić information content (AvgIpc) is 3.10. The number of rotatable bonds is 5. The second kappa shape index (κ2) is 7.30. The molecule has 0 aliphatic heterocycles. The number of aromatic nitrogens is 3.